The van der Waals surface area contributed by atoms with Gasteiger partial charge >= 0.3 is 0 Å². The summed E-state index contributed by atoms with van der Waals surface area (Å²) in [6.07, 6.45) is 12.8. The van der Waals surface area contributed by atoms with Crippen molar-refractivity contribution < 1.29 is 4.42 Å². The van der Waals surface area contributed by atoms with Crippen LogP contribution >= 0.6 is 0 Å². The summed E-state index contributed by atoms with van der Waals surface area (Å²) >= 11 is 0. The maximum Gasteiger partial charge on any atom is 0.229 e. The van der Waals surface area contributed by atoms with Crippen molar-refractivity contribution in [1.82, 2.24) is 19.9 Å². The van der Waals surface area contributed by atoms with Gasteiger partial charge in [-0.15, -0.1) is 12.3 Å². The van der Waals surface area contributed by atoms with Crippen LogP contribution in [0.25, 0.3) is 22.5 Å². The standard InChI is InChI=1S/C21H25N5O/c1-4-5-8-26-12-14(2)9-16(13-26)25-19-17-6-7-22-20(17)23-11-18(19)21-24-10-15(3)27-21/h1,6-7,10-11,14,16H,5,8-9,12-13H2,2-3H3,(H2,22,23,25)/t14-,16+/m0/s1. The van der Waals surface area contributed by atoms with E-state index in [-0.39, 0.29) is 0 Å². The van der Waals surface area contributed by atoms with Crippen molar-refractivity contribution in [1.29, 1.82) is 0 Å². The van der Waals surface area contributed by atoms with E-state index in [1.807, 2.05) is 25.4 Å². The minimum Gasteiger partial charge on any atom is -0.441 e. The molecule has 0 aromatic carbocycles. The van der Waals surface area contributed by atoms with Crippen LogP contribution in [0, 0.1) is 25.2 Å². The first-order valence-electron chi connectivity index (χ1n) is 9.45. The fourth-order valence-electron chi connectivity index (χ4n) is 3.98. The van der Waals surface area contributed by atoms with Crippen molar-refractivity contribution >= 4 is 16.7 Å². The molecule has 3 aromatic rings. The van der Waals surface area contributed by atoms with Crippen LogP contribution in [-0.4, -0.2) is 45.5 Å². The number of fused-ring (bicyclic) bond motifs is 1. The van der Waals surface area contributed by atoms with E-state index in [2.05, 4.69) is 38.0 Å². The Kier molecular flexibility index (Phi) is 4.87. The highest BCUT2D eigenvalue weighted by atomic mass is 16.4. The van der Waals surface area contributed by atoms with Gasteiger partial charge < -0.3 is 19.6 Å². The zero-order chi connectivity index (χ0) is 18.8. The molecular weight excluding hydrogens is 338 g/mol. The number of pyridine rings is 1. The zero-order valence-corrected chi connectivity index (χ0v) is 15.8. The number of aromatic nitrogens is 3. The van der Waals surface area contributed by atoms with Crippen LogP contribution in [-0.2, 0) is 0 Å². The molecule has 0 bridgehead atoms. The second-order valence-electron chi connectivity index (χ2n) is 7.46. The predicted octanol–water partition coefficient (Wildman–Crippen LogP) is 3.67. The van der Waals surface area contributed by atoms with Crippen LogP contribution in [0.15, 0.2) is 29.1 Å². The minimum atomic E-state index is 0.335. The summed E-state index contributed by atoms with van der Waals surface area (Å²) in [7, 11) is 0. The van der Waals surface area contributed by atoms with Gasteiger partial charge in [-0.05, 0) is 25.3 Å². The van der Waals surface area contributed by atoms with Crippen molar-refractivity contribution in [3.8, 4) is 23.8 Å². The zero-order valence-electron chi connectivity index (χ0n) is 15.8. The molecule has 1 aliphatic heterocycles. The summed E-state index contributed by atoms with van der Waals surface area (Å²) in [6.45, 7) is 7.22. The largest absolute Gasteiger partial charge is 0.441 e. The normalized spacial score (nSPS) is 20.6. The van der Waals surface area contributed by atoms with Gasteiger partial charge in [-0.2, -0.15) is 0 Å². The Labute approximate surface area is 159 Å². The monoisotopic (exact) mass is 363 g/mol. The molecule has 4 heterocycles. The second-order valence-corrected chi connectivity index (χ2v) is 7.46. The highest BCUT2D eigenvalue weighted by molar-refractivity contribution is 5.97. The first kappa shape index (κ1) is 17.6. The fourth-order valence-corrected chi connectivity index (χ4v) is 3.98. The number of nitrogens with one attached hydrogen (secondary N) is 2. The van der Waals surface area contributed by atoms with Crippen molar-refractivity contribution in [3.05, 3.63) is 30.4 Å². The van der Waals surface area contributed by atoms with E-state index in [1.165, 1.54) is 0 Å². The van der Waals surface area contributed by atoms with Gasteiger partial charge in [0.2, 0.25) is 5.89 Å². The van der Waals surface area contributed by atoms with Gasteiger partial charge in [0.1, 0.15) is 11.4 Å². The molecule has 1 fully saturated rings. The van der Waals surface area contributed by atoms with Gasteiger partial charge in [-0.1, -0.05) is 6.92 Å². The van der Waals surface area contributed by atoms with Gasteiger partial charge in [-0.25, -0.2) is 9.97 Å². The quantitative estimate of drug-likeness (QED) is 0.677. The molecule has 140 valence electrons. The molecule has 27 heavy (non-hydrogen) atoms. The van der Waals surface area contributed by atoms with Crippen LogP contribution < -0.4 is 5.32 Å². The number of terminal acetylenes is 1. The summed E-state index contributed by atoms with van der Waals surface area (Å²) in [5, 5.41) is 4.82. The summed E-state index contributed by atoms with van der Waals surface area (Å²) in [5.74, 6) is 4.75. The van der Waals surface area contributed by atoms with Crippen molar-refractivity contribution in [3.63, 3.8) is 0 Å². The molecule has 1 aliphatic rings. The summed E-state index contributed by atoms with van der Waals surface area (Å²) in [5.41, 5.74) is 2.78. The molecule has 0 amide bonds. The molecule has 0 unspecified atom stereocenters. The van der Waals surface area contributed by atoms with E-state index >= 15 is 0 Å². The number of rotatable bonds is 5. The number of oxazole rings is 1. The first-order chi connectivity index (χ1) is 13.1. The molecule has 0 radical (unpaired) electrons. The number of hydrogen-bond acceptors (Lipinski definition) is 5. The number of aromatic amines is 1. The highest BCUT2D eigenvalue weighted by Crippen LogP contribution is 2.34. The Bertz CT molecular complexity index is 967. The third kappa shape index (κ3) is 3.69. The lowest BCUT2D eigenvalue weighted by Crippen LogP contribution is -2.45. The van der Waals surface area contributed by atoms with Crippen molar-refractivity contribution in [2.24, 2.45) is 5.92 Å². The van der Waals surface area contributed by atoms with Gasteiger partial charge in [-0.3, -0.25) is 0 Å². The van der Waals surface area contributed by atoms with Crippen LogP contribution in [0.2, 0.25) is 0 Å². The smallest absolute Gasteiger partial charge is 0.229 e. The summed E-state index contributed by atoms with van der Waals surface area (Å²) in [6, 6.07) is 2.38. The maximum absolute atomic E-state index is 5.79. The number of aryl methyl sites for hydroxylation is 1. The molecule has 0 saturated carbocycles. The van der Waals surface area contributed by atoms with Gasteiger partial charge in [0.05, 0.1) is 17.4 Å². The molecule has 1 saturated heterocycles. The first-order valence-corrected chi connectivity index (χ1v) is 9.45. The molecule has 2 atom stereocenters. The Morgan fingerprint density at radius 2 is 2.26 bits per heavy atom. The van der Waals surface area contributed by atoms with E-state index in [1.54, 1.807) is 6.20 Å². The van der Waals surface area contributed by atoms with E-state index in [0.29, 0.717) is 17.9 Å². The molecule has 4 rings (SSSR count). The van der Waals surface area contributed by atoms with E-state index in [0.717, 1.165) is 60.5 Å². The Morgan fingerprint density at radius 3 is 3.04 bits per heavy atom. The maximum atomic E-state index is 5.79. The lowest BCUT2D eigenvalue weighted by Gasteiger charge is -2.37. The van der Waals surface area contributed by atoms with Crippen LogP contribution in [0.3, 0.4) is 0 Å². The van der Waals surface area contributed by atoms with Crippen LogP contribution in [0.4, 0.5) is 5.69 Å². The number of hydrogen-bond donors (Lipinski definition) is 2. The summed E-state index contributed by atoms with van der Waals surface area (Å²) < 4.78 is 5.79. The lowest BCUT2D eigenvalue weighted by molar-refractivity contribution is 0.176. The lowest BCUT2D eigenvalue weighted by atomic mass is 9.95. The average molecular weight is 363 g/mol. The van der Waals surface area contributed by atoms with E-state index in [4.69, 9.17) is 10.8 Å². The van der Waals surface area contributed by atoms with Gasteiger partial charge in [0, 0.05) is 49.9 Å². The average Bonchev–Trinajstić information content (AvgIpc) is 3.29. The second kappa shape index (κ2) is 7.45. The third-order valence-corrected chi connectivity index (χ3v) is 5.09. The number of H-pyrrole nitrogens is 1. The molecule has 3 aromatic heterocycles. The molecule has 2 N–H and O–H groups in total. The summed E-state index contributed by atoms with van der Waals surface area (Å²) in [4.78, 5) is 14.6. The van der Waals surface area contributed by atoms with Crippen molar-refractivity contribution in [2.45, 2.75) is 32.7 Å². The van der Waals surface area contributed by atoms with Crippen LogP contribution in [0.5, 0.6) is 0 Å². The minimum absolute atomic E-state index is 0.335. The molecule has 6 heteroatoms. The third-order valence-electron chi connectivity index (χ3n) is 5.09. The fraction of sp³-hybridized carbons (Fsp3) is 0.429. The van der Waals surface area contributed by atoms with Crippen LogP contribution in [0.1, 0.15) is 25.5 Å². The highest BCUT2D eigenvalue weighted by Gasteiger charge is 2.26. The molecule has 6 nitrogen and oxygen atoms in total. The number of anilines is 1. The SMILES string of the molecule is C#CCCN1C[C@@H](C)C[C@@H](Nc2c(-c3ncc(C)o3)cnc3[nH]ccc23)C1. The molecule has 0 spiro atoms. The Balaban J connectivity index is 1.66. The van der Waals surface area contributed by atoms with Gasteiger partial charge in [0.25, 0.3) is 0 Å². The number of piperidine rings is 1. The molecule has 0 aliphatic carbocycles. The number of nitrogens with zero attached hydrogens (tertiary/aromatic N) is 3. The Morgan fingerprint density at radius 1 is 1.37 bits per heavy atom. The van der Waals surface area contributed by atoms with E-state index < -0.39 is 0 Å². The Hall–Kier alpha value is -2.78. The van der Waals surface area contributed by atoms with Gasteiger partial charge in [0.15, 0.2) is 0 Å². The van der Waals surface area contributed by atoms with Crippen molar-refractivity contribution in [2.75, 3.05) is 25.0 Å². The van der Waals surface area contributed by atoms with E-state index in [9.17, 15) is 0 Å². The number of likely N-dealkylation sites (tertiary alicyclic amines) is 1. The molecular formula is C21H25N5O. The topological polar surface area (TPSA) is 70.0 Å². The predicted molar refractivity (Wildman–Crippen MR) is 107 cm³/mol.